The first-order chi connectivity index (χ1) is 12.4. The number of nitrogens with zero attached hydrogens (tertiary/aromatic N) is 2. The van der Waals surface area contributed by atoms with E-state index >= 15 is 0 Å². The summed E-state index contributed by atoms with van der Waals surface area (Å²) in [5, 5.41) is 0. The Balaban J connectivity index is 1.56. The smallest absolute Gasteiger partial charge is 0.305 e. The highest BCUT2D eigenvalue weighted by Crippen LogP contribution is 2.43. The molecule has 1 amide bonds. The maximum atomic E-state index is 13.0. The van der Waals surface area contributed by atoms with Crippen LogP contribution in [0.25, 0.3) is 0 Å². The number of carbonyl (C=O) groups excluding carboxylic acids is 2. The van der Waals surface area contributed by atoms with Crippen molar-refractivity contribution in [3.8, 4) is 0 Å². The normalized spacial score (nSPS) is 19.8. The van der Waals surface area contributed by atoms with E-state index in [1.165, 1.54) is 7.11 Å². The molecule has 1 aromatic carbocycles. The number of halogens is 2. The number of carbonyl (C=O) groups is 2. The molecule has 0 bridgehead atoms. The summed E-state index contributed by atoms with van der Waals surface area (Å²) in [6, 6.07) is 7.89. The second-order valence-corrected chi connectivity index (χ2v) is 6.98. The fraction of sp³-hybridized carbons (Fsp3) is 0.579. The predicted octanol–water partition coefficient (Wildman–Crippen LogP) is 2.49. The number of amides is 1. The van der Waals surface area contributed by atoms with Gasteiger partial charge in [-0.1, -0.05) is 18.2 Å². The van der Waals surface area contributed by atoms with Crippen molar-refractivity contribution in [1.82, 2.24) is 4.90 Å². The molecule has 2 aliphatic rings. The third kappa shape index (κ3) is 4.14. The highest BCUT2D eigenvalue weighted by molar-refractivity contribution is 5.80. The van der Waals surface area contributed by atoms with E-state index in [1.807, 2.05) is 24.3 Å². The Hall–Kier alpha value is -2.18. The molecular formula is C19H24F2N2O3. The van der Waals surface area contributed by atoms with Crippen LogP contribution in [0.15, 0.2) is 24.3 Å². The third-order valence-corrected chi connectivity index (χ3v) is 5.19. The largest absolute Gasteiger partial charge is 0.469 e. The highest BCUT2D eigenvalue weighted by atomic mass is 19.3. The van der Waals surface area contributed by atoms with E-state index in [4.69, 9.17) is 4.74 Å². The lowest BCUT2D eigenvalue weighted by atomic mass is 9.80. The maximum absolute atomic E-state index is 13.0. The van der Waals surface area contributed by atoms with Gasteiger partial charge in [0.05, 0.1) is 7.11 Å². The van der Waals surface area contributed by atoms with Gasteiger partial charge in [-0.25, -0.2) is 8.78 Å². The molecule has 2 fully saturated rings. The van der Waals surface area contributed by atoms with Gasteiger partial charge in [0.2, 0.25) is 11.8 Å². The molecule has 3 rings (SSSR count). The molecule has 0 atom stereocenters. The molecule has 1 aliphatic heterocycles. The number of piperazine rings is 1. The van der Waals surface area contributed by atoms with E-state index in [9.17, 15) is 18.4 Å². The van der Waals surface area contributed by atoms with Gasteiger partial charge in [-0.3, -0.25) is 9.59 Å². The van der Waals surface area contributed by atoms with Gasteiger partial charge in [0.25, 0.3) is 0 Å². The van der Waals surface area contributed by atoms with Crippen LogP contribution in [-0.2, 0) is 20.7 Å². The number of anilines is 1. The van der Waals surface area contributed by atoms with Crippen LogP contribution < -0.4 is 4.90 Å². The van der Waals surface area contributed by atoms with Crippen LogP contribution in [-0.4, -0.2) is 56.0 Å². The molecule has 1 saturated heterocycles. The molecule has 1 aromatic rings. The minimum absolute atomic E-state index is 0.144. The molecule has 0 unspecified atom stereocenters. The number of methoxy groups -OCH3 is 1. The monoisotopic (exact) mass is 366 g/mol. The number of esters is 1. The van der Waals surface area contributed by atoms with E-state index in [0.29, 0.717) is 39.0 Å². The Morgan fingerprint density at radius 1 is 1.15 bits per heavy atom. The minimum Gasteiger partial charge on any atom is -0.469 e. The maximum Gasteiger partial charge on any atom is 0.305 e. The van der Waals surface area contributed by atoms with Crippen LogP contribution in [0.5, 0.6) is 0 Å². The Morgan fingerprint density at radius 2 is 1.81 bits per heavy atom. The molecular weight excluding hydrogens is 342 g/mol. The number of aryl methyl sites for hydroxylation is 1. The fourth-order valence-electron chi connectivity index (χ4n) is 3.63. The number of hydrogen-bond donors (Lipinski definition) is 0. The average Bonchev–Trinajstić information content (AvgIpc) is 2.64. The van der Waals surface area contributed by atoms with Crippen LogP contribution in [0.2, 0.25) is 0 Å². The predicted molar refractivity (Wildman–Crippen MR) is 93.2 cm³/mol. The fourth-order valence-corrected chi connectivity index (χ4v) is 3.63. The zero-order valence-electron chi connectivity index (χ0n) is 14.9. The Labute approximate surface area is 151 Å². The molecule has 7 heteroatoms. The Kier molecular flexibility index (Phi) is 5.44. The summed E-state index contributed by atoms with van der Waals surface area (Å²) in [5.74, 6) is -3.58. The summed E-state index contributed by atoms with van der Waals surface area (Å²) in [6.45, 7) is 2.38. The Bertz CT molecular complexity index is 665. The van der Waals surface area contributed by atoms with Gasteiger partial charge in [0.15, 0.2) is 0 Å². The van der Waals surface area contributed by atoms with Crippen molar-refractivity contribution in [3.05, 3.63) is 29.8 Å². The van der Waals surface area contributed by atoms with E-state index < -0.39 is 11.8 Å². The summed E-state index contributed by atoms with van der Waals surface area (Å²) >= 11 is 0. The van der Waals surface area contributed by atoms with Crippen LogP contribution in [0, 0.1) is 5.92 Å². The zero-order valence-corrected chi connectivity index (χ0v) is 14.9. The SMILES string of the molecule is COC(=O)CCc1ccccc1N1CCN(C(=O)C2CC(F)(F)C2)CC1. The van der Waals surface area contributed by atoms with E-state index in [1.54, 1.807) is 4.90 Å². The molecule has 26 heavy (non-hydrogen) atoms. The standard InChI is InChI=1S/C19H24F2N2O3/c1-26-17(24)7-6-14-4-2-3-5-16(14)22-8-10-23(11-9-22)18(25)15-12-19(20,21)13-15/h2-5,15H,6-13H2,1H3. The van der Waals surface area contributed by atoms with Crippen molar-refractivity contribution in [3.63, 3.8) is 0 Å². The first-order valence-corrected chi connectivity index (χ1v) is 8.96. The second kappa shape index (κ2) is 7.60. The van der Waals surface area contributed by atoms with Crippen molar-refractivity contribution in [2.45, 2.75) is 31.6 Å². The summed E-state index contributed by atoms with van der Waals surface area (Å²) in [6.07, 6.45) is 0.284. The summed E-state index contributed by atoms with van der Waals surface area (Å²) in [5.41, 5.74) is 2.12. The van der Waals surface area contributed by atoms with Gasteiger partial charge < -0.3 is 14.5 Å². The lowest BCUT2D eigenvalue weighted by Crippen LogP contribution is -2.53. The van der Waals surface area contributed by atoms with Crippen molar-refractivity contribution in [2.24, 2.45) is 5.92 Å². The molecule has 1 aliphatic carbocycles. The van der Waals surface area contributed by atoms with E-state index in [-0.39, 0.29) is 24.7 Å². The third-order valence-electron chi connectivity index (χ3n) is 5.19. The summed E-state index contributed by atoms with van der Waals surface area (Å²) in [4.78, 5) is 27.6. The number of alkyl halides is 2. The molecule has 0 N–H and O–H groups in total. The van der Waals surface area contributed by atoms with Crippen molar-refractivity contribution >= 4 is 17.6 Å². The summed E-state index contributed by atoms with van der Waals surface area (Å²) < 4.78 is 30.7. The van der Waals surface area contributed by atoms with Gasteiger partial charge in [-0.15, -0.1) is 0 Å². The van der Waals surface area contributed by atoms with Gasteiger partial charge in [-0.05, 0) is 18.1 Å². The van der Waals surface area contributed by atoms with Crippen molar-refractivity contribution in [1.29, 1.82) is 0 Å². The van der Waals surface area contributed by atoms with Gasteiger partial charge in [0, 0.05) is 57.0 Å². The minimum atomic E-state index is -2.67. The van der Waals surface area contributed by atoms with Gasteiger partial charge >= 0.3 is 5.97 Å². The molecule has 1 heterocycles. The molecule has 0 spiro atoms. The molecule has 142 valence electrons. The molecule has 5 nitrogen and oxygen atoms in total. The molecule has 1 saturated carbocycles. The van der Waals surface area contributed by atoms with Crippen molar-refractivity contribution < 1.29 is 23.1 Å². The average molecular weight is 366 g/mol. The van der Waals surface area contributed by atoms with Crippen LogP contribution in [0.4, 0.5) is 14.5 Å². The van der Waals surface area contributed by atoms with E-state index in [0.717, 1.165) is 11.3 Å². The number of para-hydroxylation sites is 1. The first-order valence-electron chi connectivity index (χ1n) is 8.96. The quantitative estimate of drug-likeness (QED) is 0.752. The van der Waals surface area contributed by atoms with Gasteiger partial charge in [-0.2, -0.15) is 0 Å². The number of benzene rings is 1. The highest BCUT2D eigenvalue weighted by Gasteiger charge is 2.49. The Morgan fingerprint density at radius 3 is 2.42 bits per heavy atom. The first kappa shape index (κ1) is 18.6. The lowest BCUT2D eigenvalue weighted by Gasteiger charge is -2.41. The molecule has 0 radical (unpaired) electrons. The van der Waals surface area contributed by atoms with E-state index in [2.05, 4.69) is 4.90 Å². The summed E-state index contributed by atoms with van der Waals surface area (Å²) in [7, 11) is 1.38. The van der Waals surface area contributed by atoms with Gasteiger partial charge in [0.1, 0.15) is 0 Å². The topological polar surface area (TPSA) is 49.9 Å². The number of hydrogen-bond acceptors (Lipinski definition) is 4. The van der Waals surface area contributed by atoms with Crippen LogP contribution >= 0.6 is 0 Å². The lowest BCUT2D eigenvalue weighted by molar-refractivity contribution is -0.160. The van der Waals surface area contributed by atoms with Crippen LogP contribution in [0.1, 0.15) is 24.8 Å². The number of rotatable bonds is 5. The van der Waals surface area contributed by atoms with Crippen LogP contribution in [0.3, 0.4) is 0 Å². The van der Waals surface area contributed by atoms with Crippen molar-refractivity contribution in [2.75, 3.05) is 38.2 Å². The number of ether oxygens (including phenoxy) is 1. The zero-order chi connectivity index (χ0) is 18.7. The second-order valence-electron chi connectivity index (χ2n) is 6.98. The molecule has 0 aromatic heterocycles.